The molecular formula is C19H19N3O4S2. The zero-order valence-electron chi connectivity index (χ0n) is 15.5. The van der Waals surface area contributed by atoms with E-state index in [1.54, 1.807) is 48.7 Å². The van der Waals surface area contributed by atoms with Gasteiger partial charge in [-0.3, -0.25) is 9.52 Å². The van der Waals surface area contributed by atoms with Crippen LogP contribution in [0.2, 0.25) is 0 Å². The van der Waals surface area contributed by atoms with Crippen molar-refractivity contribution in [3.8, 4) is 11.8 Å². The van der Waals surface area contributed by atoms with E-state index in [4.69, 9.17) is 4.74 Å². The van der Waals surface area contributed by atoms with E-state index in [2.05, 4.69) is 10.0 Å². The molecule has 2 rings (SSSR count). The number of carbonyl (C=O) groups is 1. The molecule has 0 spiro atoms. The van der Waals surface area contributed by atoms with Crippen LogP contribution in [0.5, 0.6) is 5.75 Å². The minimum absolute atomic E-state index is 0.0394. The molecule has 0 heterocycles. The second-order valence-electron chi connectivity index (χ2n) is 5.62. The number of anilines is 1. The van der Waals surface area contributed by atoms with Gasteiger partial charge in [-0.25, -0.2) is 8.42 Å². The van der Waals surface area contributed by atoms with E-state index in [1.807, 2.05) is 6.92 Å². The Morgan fingerprint density at radius 3 is 2.21 bits per heavy atom. The Balaban J connectivity index is 2.28. The minimum atomic E-state index is -3.94. The van der Waals surface area contributed by atoms with E-state index in [-0.39, 0.29) is 15.5 Å². The fourth-order valence-electron chi connectivity index (χ4n) is 2.17. The number of nitriles is 1. The van der Waals surface area contributed by atoms with E-state index in [1.165, 1.54) is 19.2 Å². The Morgan fingerprint density at radius 2 is 1.71 bits per heavy atom. The smallest absolute Gasteiger partial charge is 0.269 e. The van der Waals surface area contributed by atoms with Gasteiger partial charge >= 0.3 is 0 Å². The molecule has 1 amide bonds. The minimum Gasteiger partial charge on any atom is -0.497 e. The van der Waals surface area contributed by atoms with Crippen LogP contribution in [0.3, 0.4) is 0 Å². The van der Waals surface area contributed by atoms with Gasteiger partial charge in [0.15, 0.2) is 0 Å². The summed E-state index contributed by atoms with van der Waals surface area (Å²) >= 11 is 0.958. The first-order valence-corrected chi connectivity index (χ1v) is 10.7. The van der Waals surface area contributed by atoms with Crippen LogP contribution in [0.1, 0.15) is 5.56 Å². The number of nitrogens with zero attached hydrogens (tertiary/aromatic N) is 1. The number of amides is 1. The maximum Gasteiger partial charge on any atom is 0.269 e. The number of carbonyl (C=O) groups excluding carboxylic acids is 1. The Labute approximate surface area is 168 Å². The summed E-state index contributed by atoms with van der Waals surface area (Å²) in [5.41, 5.74) is 1.02. The van der Waals surface area contributed by atoms with Gasteiger partial charge in [-0.05, 0) is 49.6 Å². The number of hydrogen-bond acceptors (Lipinski definition) is 6. The maximum atomic E-state index is 12.6. The summed E-state index contributed by atoms with van der Waals surface area (Å²) in [6, 6.07) is 14.6. The fourth-order valence-corrected chi connectivity index (χ4v) is 4.13. The molecule has 7 nitrogen and oxygen atoms in total. The number of sulfonamides is 1. The second kappa shape index (κ2) is 9.30. The van der Waals surface area contributed by atoms with Crippen molar-refractivity contribution >= 4 is 33.4 Å². The molecule has 0 fully saturated rings. The highest BCUT2D eigenvalue weighted by Gasteiger charge is 2.21. The molecule has 2 aromatic rings. The van der Waals surface area contributed by atoms with Crippen molar-refractivity contribution in [1.82, 2.24) is 4.72 Å². The average Bonchev–Trinajstić information content (AvgIpc) is 2.68. The Bertz CT molecular complexity index is 1020. The van der Waals surface area contributed by atoms with Gasteiger partial charge < -0.3 is 10.1 Å². The van der Waals surface area contributed by atoms with Crippen LogP contribution in [-0.2, 0) is 14.8 Å². The molecule has 0 aliphatic heterocycles. The highest BCUT2D eigenvalue weighted by Crippen LogP contribution is 2.21. The highest BCUT2D eigenvalue weighted by atomic mass is 32.2. The van der Waals surface area contributed by atoms with E-state index in [0.717, 1.165) is 17.3 Å². The van der Waals surface area contributed by atoms with Crippen molar-refractivity contribution in [2.75, 3.05) is 18.7 Å². The van der Waals surface area contributed by atoms with Crippen LogP contribution in [0.15, 0.2) is 64.0 Å². The summed E-state index contributed by atoms with van der Waals surface area (Å²) in [7, 11) is -2.41. The molecule has 0 aliphatic carbocycles. The molecule has 2 aromatic carbocycles. The standard InChI is InChI=1S/C19H19N3O4S2/c1-13-4-10-16(11-5-13)28(24,25)22-19(27-3)17(12-20)18(23)21-14-6-8-15(26-2)9-7-14/h4-11,22H,1-3H3,(H,21,23). The molecule has 0 aromatic heterocycles. The molecule has 2 N–H and O–H groups in total. The quantitative estimate of drug-likeness (QED) is 0.530. The number of rotatable bonds is 7. The van der Waals surface area contributed by atoms with Crippen molar-refractivity contribution < 1.29 is 17.9 Å². The van der Waals surface area contributed by atoms with Crippen LogP contribution in [0.4, 0.5) is 5.69 Å². The van der Waals surface area contributed by atoms with E-state index < -0.39 is 15.9 Å². The van der Waals surface area contributed by atoms with Gasteiger partial charge in [0.2, 0.25) is 0 Å². The van der Waals surface area contributed by atoms with Crippen LogP contribution in [-0.4, -0.2) is 27.7 Å². The molecule has 0 bridgehead atoms. The van der Waals surface area contributed by atoms with Gasteiger partial charge in [0, 0.05) is 5.69 Å². The van der Waals surface area contributed by atoms with Crippen LogP contribution < -0.4 is 14.8 Å². The first-order valence-electron chi connectivity index (χ1n) is 8.04. The third-order valence-corrected chi connectivity index (χ3v) is 5.89. The lowest BCUT2D eigenvalue weighted by atomic mass is 10.2. The largest absolute Gasteiger partial charge is 0.497 e. The van der Waals surface area contributed by atoms with Gasteiger partial charge in [0.25, 0.3) is 15.9 Å². The number of aryl methyl sites for hydroxylation is 1. The van der Waals surface area contributed by atoms with Crippen molar-refractivity contribution in [3.63, 3.8) is 0 Å². The van der Waals surface area contributed by atoms with Gasteiger partial charge in [-0.1, -0.05) is 17.7 Å². The zero-order valence-corrected chi connectivity index (χ0v) is 17.1. The lowest BCUT2D eigenvalue weighted by Gasteiger charge is -2.12. The molecule has 0 saturated carbocycles. The summed E-state index contributed by atoms with van der Waals surface area (Å²) in [6.45, 7) is 1.84. The summed E-state index contributed by atoms with van der Waals surface area (Å²) in [5, 5.41) is 11.9. The van der Waals surface area contributed by atoms with Crippen LogP contribution in [0.25, 0.3) is 0 Å². The molecule has 0 aliphatic rings. The average molecular weight is 418 g/mol. The van der Waals surface area contributed by atoms with E-state index >= 15 is 0 Å². The van der Waals surface area contributed by atoms with Crippen LogP contribution in [0, 0.1) is 18.3 Å². The summed E-state index contributed by atoms with van der Waals surface area (Å²) in [6.07, 6.45) is 1.57. The third kappa shape index (κ3) is 5.28. The number of thioether (sulfide) groups is 1. The number of ether oxygens (including phenoxy) is 1. The van der Waals surface area contributed by atoms with Crippen molar-refractivity contribution in [2.24, 2.45) is 0 Å². The molecule has 0 unspecified atom stereocenters. The second-order valence-corrected chi connectivity index (χ2v) is 8.12. The highest BCUT2D eigenvalue weighted by molar-refractivity contribution is 8.03. The third-order valence-electron chi connectivity index (χ3n) is 3.68. The number of hydrogen-bond donors (Lipinski definition) is 2. The molecule has 0 radical (unpaired) electrons. The Kier molecular flexibility index (Phi) is 7.09. The van der Waals surface area contributed by atoms with E-state index in [0.29, 0.717) is 11.4 Å². The summed E-state index contributed by atoms with van der Waals surface area (Å²) in [4.78, 5) is 12.5. The van der Waals surface area contributed by atoms with Crippen molar-refractivity contribution in [1.29, 1.82) is 5.26 Å². The number of nitrogens with one attached hydrogen (secondary N) is 2. The van der Waals surface area contributed by atoms with Gasteiger partial charge in [-0.15, -0.1) is 11.8 Å². The number of benzene rings is 2. The molecule has 28 heavy (non-hydrogen) atoms. The topological polar surface area (TPSA) is 108 Å². The lowest BCUT2D eigenvalue weighted by Crippen LogP contribution is -2.26. The maximum absolute atomic E-state index is 12.6. The van der Waals surface area contributed by atoms with E-state index in [9.17, 15) is 18.5 Å². The van der Waals surface area contributed by atoms with Crippen LogP contribution >= 0.6 is 11.8 Å². The number of methoxy groups -OCH3 is 1. The Morgan fingerprint density at radius 1 is 1.11 bits per heavy atom. The van der Waals surface area contributed by atoms with Gasteiger partial charge in [0.05, 0.1) is 12.0 Å². The molecular weight excluding hydrogens is 398 g/mol. The fraction of sp³-hybridized carbons (Fsp3) is 0.158. The monoisotopic (exact) mass is 417 g/mol. The normalized spacial score (nSPS) is 11.8. The SMILES string of the molecule is COc1ccc(NC(=O)C(C#N)=C(NS(=O)(=O)c2ccc(C)cc2)SC)cc1. The van der Waals surface area contributed by atoms with Crippen molar-refractivity contribution in [2.45, 2.75) is 11.8 Å². The van der Waals surface area contributed by atoms with Crippen molar-refractivity contribution in [3.05, 3.63) is 64.7 Å². The summed E-state index contributed by atoms with van der Waals surface area (Å²) < 4.78 is 32.5. The summed E-state index contributed by atoms with van der Waals surface area (Å²) in [5.74, 6) is -0.103. The molecule has 146 valence electrons. The first kappa shape index (κ1) is 21.3. The lowest BCUT2D eigenvalue weighted by molar-refractivity contribution is -0.112. The Hall–Kier alpha value is -2.96. The zero-order chi connectivity index (χ0) is 20.7. The predicted molar refractivity (Wildman–Crippen MR) is 109 cm³/mol. The van der Waals surface area contributed by atoms with Gasteiger partial charge in [-0.2, -0.15) is 5.26 Å². The van der Waals surface area contributed by atoms with Gasteiger partial charge in [0.1, 0.15) is 22.4 Å². The first-order chi connectivity index (χ1) is 13.3. The molecule has 9 heteroatoms. The molecule has 0 atom stereocenters. The predicted octanol–water partition coefficient (Wildman–Crippen LogP) is 3.02. The molecule has 0 saturated heterocycles.